The van der Waals surface area contributed by atoms with Gasteiger partial charge >= 0.3 is 0 Å². The predicted octanol–water partition coefficient (Wildman–Crippen LogP) is 6.72. The maximum Gasteiger partial charge on any atom is 0.243 e. The van der Waals surface area contributed by atoms with Crippen molar-refractivity contribution in [3.63, 3.8) is 0 Å². The molecule has 6 nitrogen and oxygen atoms in total. The molecule has 0 aliphatic rings. The van der Waals surface area contributed by atoms with Crippen molar-refractivity contribution >= 4 is 35.0 Å². The Labute approximate surface area is 241 Å². The van der Waals surface area contributed by atoms with Crippen molar-refractivity contribution in [2.45, 2.75) is 58.2 Å². The van der Waals surface area contributed by atoms with E-state index in [0.717, 1.165) is 17.7 Å². The largest absolute Gasteiger partial charge is 0.497 e. The van der Waals surface area contributed by atoms with Crippen LogP contribution in [0.1, 0.15) is 44.2 Å². The van der Waals surface area contributed by atoms with Crippen LogP contribution in [-0.4, -0.2) is 42.5 Å². The zero-order chi connectivity index (χ0) is 28.2. The van der Waals surface area contributed by atoms with E-state index in [1.54, 1.807) is 30.2 Å². The maximum atomic E-state index is 13.7. The van der Waals surface area contributed by atoms with Crippen molar-refractivity contribution in [1.82, 2.24) is 10.2 Å². The second-order valence-electron chi connectivity index (χ2n) is 9.37. The van der Waals surface area contributed by atoms with Crippen molar-refractivity contribution in [3.8, 4) is 11.5 Å². The average Bonchev–Trinajstić information content (AvgIpc) is 2.95. The molecule has 39 heavy (non-hydrogen) atoms. The zero-order valence-electron chi connectivity index (χ0n) is 22.7. The summed E-state index contributed by atoms with van der Waals surface area (Å²) in [4.78, 5) is 28.9. The van der Waals surface area contributed by atoms with Gasteiger partial charge in [-0.3, -0.25) is 9.59 Å². The van der Waals surface area contributed by atoms with E-state index in [1.165, 1.54) is 0 Å². The van der Waals surface area contributed by atoms with Gasteiger partial charge in [0, 0.05) is 41.0 Å². The molecule has 8 heteroatoms. The first kappa shape index (κ1) is 30.3. The first-order chi connectivity index (χ1) is 18.8. The molecule has 0 fully saturated rings. The van der Waals surface area contributed by atoms with Crippen molar-refractivity contribution in [1.29, 1.82) is 0 Å². The van der Waals surface area contributed by atoms with Crippen molar-refractivity contribution < 1.29 is 19.1 Å². The van der Waals surface area contributed by atoms with Gasteiger partial charge in [-0.15, -0.1) is 0 Å². The van der Waals surface area contributed by atoms with E-state index in [2.05, 4.69) is 5.32 Å². The lowest BCUT2D eigenvalue weighted by molar-refractivity contribution is -0.141. The van der Waals surface area contributed by atoms with Gasteiger partial charge in [0.25, 0.3) is 0 Å². The number of benzene rings is 3. The van der Waals surface area contributed by atoms with Gasteiger partial charge in [0.1, 0.15) is 17.5 Å². The van der Waals surface area contributed by atoms with Crippen LogP contribution in [0.3, 0.4) is 0 Å². The van der Waals surface area contributed by atoms with Crippen molar-refractivity contribution in [2.24, 2.45) is 0 Å². The molecule has 3 rings (SSSR count). The monoisotopic (exact) mass is 570 g/mol. The van der Waals surface area contributed by atoms with Gasteiger partial charge in [0.15, 0.2) is 0 Å². The van der Waals surface area contributed by atoms with Crippen LogP contribution >= 0.6 is 23.2 Å². The summed E-state index contributed by atoms with van der Waals surface area (Å²) in [6.45, 7) is 4.42. The van der Waals surface area contributed by atoms with E-state index in [-0.39, 0.29) is 30.8 Å². The molecule has 0 spiro atoms. The van der Waals surface area contributed by atoms with Gasteiger partial charge in [0.05, 0.1) is 13.7 Å². The third-order valence-corrected chi connectivity index (χ3v) is 7.23. The highest BCUT2D eigenvalue weighted by atomic mass is 35.5. The standard InChI is InChI=1S/C31H36Cl2N2O4/c1-4-22(2)34-31(37)29(20-23-10-6-5-7-11-23)35(21-26-27(32)12-8-13-28(26)33)30(36)14-9-19-39-25-17-15-24(38-3)16-18-25/h5-8,10-13,15-18,22,29H,4,9,14,19-21H2,1-3H3,(H,34,37)/t22-,29+/m0/s1. The summed E-state index contributed by atoms with van der Waals surface area (Å²) in [6, 6.07) is 21.4. The van der Waals surface area contributed by atoms with E-state index < -0.39 is 6.04 Å². The van der Waals surface area contributed by atoms with Gasteiger partial charge in [-0.1, -0.05) is 66.5 Å². The number of rotatable bonds is 14. The minimum Gasteiger partial charge on any atom is -0.497 e. The Hall–Kier alpha value is -3.22. The summed E-state index contributed by atoms with van der Waals surface area (Å²) in [6.07, 6.45) is 1.80. The molecule has 0 aliphatic heterocycles. The SMILES string of the molecule is CC[C@H](C)NC(=O)[C@@H](Cc1ccccc1)N(Cc1c(Cl)cccc1Cl)C(=O)CCCOc1ccc(OC)cc1. The molecule has 0 radical (unpaired) electrons. The average molecular weight is 572 g/mol. The van der Waals surface area contributed by atoms with Crippen LogP contribution in [-0.2, 0) is 22.6 Å². The summed E-state index contributed by atoms with van der Waals surface area (Å²) < 4.78 is 11.0. The summed E-state index contributed by atoms with van der Waals surface area (Å²) in [5, 5.41) is 3.96. The number of hydrogen-bond donors (Lipinski definition) is 1. The molecule has 208 valence electrons. The third kappa shape index (κ3) is 9.19. The molecule has 0 aromatic heterocycles. The van der Waals surface area contributed by atoms with E-state index >= 15 is 0 Å². The highest BCUT2D eigenvalue weighted by Crippen LogP contribution is 2.28. The minimum atomic E-state index is -0.747. The van der Waals surface area contributed by atoms with Crippen LogP contribution in [0.5, 0.6) is 11.5 Å². The Morgan fingerprint density at radius 1 is 0.923 bits per heavy atom. The van der Waals surface area contributed by atoms with Crippen LogP contribution in [0.15, 0.2) is 72.8 Å². The fraction of sp³-hybridized carbons (Fsp3) is 0.355. The highest BCUT2D eigenvalue weighted by Gasteiger charge is 2.31. The highest BCUT2D eigenvalue weighted by molar-refractivity contribution is 6.36. The second-order valence-corrected chi connectivity index (χ2v) is 10.2. The fourth-order valence-corrected chi connectivity index (χ4v) is 4.59. The van der Waals surface area contributed by atoms with Crippen LogP contribution in [0.2, 0.25) is 10.0 Å². The predicted molar refractivity (Wildman–Crippen MR) is 157 cm³/mol. The normalized spacial score (nSPS) is 12.3. The molecule has 2 atom stereocenters. The molecule has 3 aromatic carbocycles. The molecule has 0 saturated carbocycles. The minimum absolute atomic E-state index is 0.0328. The Balaban J connectivity index is 1.82. The Kier molecular flexibility index (Phi) is 12.0. The van der Waals surface area contributed by atoms with E-state index in [0.29, 0.717) is 40.8 Å². The Bertz CT molecular complexity index is 1180. The number of methoxy groups -OCH3 is 1. The van der Waals surface area contributed by atoms with E-state index in [1.807, 2.05) is 68.4 Å². The van der Waals surface area contributed by atoms with Gasteiger partial charge in [-0.05, 0) is 61.7 Å². The number of hydrogen-bond acceptors (Lipinski definition) is 4. The van der Waals surface area contributed by atoms with Crippen LogP contribution < -0.4 is 14.8 Å². The van der Waals surface area contributed by atoms with Crippen LogP contribution in [0, 0.1) is 0 Å². The van der Waals surface area contributed by atoms with Gasteiger partial charge in [-0.2, -0.15) is 0 Å². The molecule has 0 bridgehead atoms. The lowest BCUT2D eigenvalue weighted by Crippen LogP contribution is -2.52. The molecule has 2 amide bonds. The topological polar surface area (TPSA) is 67.9 Å². The fourth-order valence-electron chi connectivity index (χ4n) is 4.08. The van der Waals surface area contributed by atoms with Gasteiger partial charge in [0.2, 0.25) is 11.8 Å². The summed E-state index contributed by atoms with van der Waals surface area (Å²) in [7, 11) is 1.61. The van der Waals surface area contributed by atoms with Gasteiger partial charge in [-0.25, -0.2) is 0 Å². The third-order valence-electron chi connectivity index (χ3n) is 6.53. The van der Waals surface area contributed by atoms with E-state index in [9.17, 15) is 9.59 Å². The number of carbonyl (C=O) groups excluding carboxylic acids is 2. The molecule has 0 aliphatic carbocycles. The Morgan fingerprint density at radius 2 is 1.56 bits per heavy atom. The number of nitrogens with one attached hydrogen (secondary N) is 1. The van der Waals surface area contributed by atoms with Crippen LogP contribution in [0.25, 0.3) is 0 Å². The second kappa shape index (κ2) is 15.4. The molecule has 0 heterocycles. The lowest BCUT2D eigenvalue weighted by Gasteiger charge is -2.33. The number of nitrogens with zero attached hydrogens (tertiary/aromatic N) is 1. The lowest BCUT2D eigenvalue weighted by atomic mass is 10.0. The van der Waals surface area contributed by atoms with Crippen molar-refractivity contribution in [2.75, 3.05) is 13.7 Å². The molecular weight excluding hydrogens is 535 g/mol. The maximum absolute atomic E-state index is 13.7. The van der Waals surface area contributed by atoms with E-state index in [4.69, 9.17) is 32.7 Å². The number of halogens is 2. The molecule has 0 saturated heterocycles. The summed E-state index contributed by atoms with van der Waals surface area (Å²) in [5.74, 6) is 1.05. The first-order valence-electron chi connectivity index (χ1n) is 13.2. The van der Waals surface area contributed by atoms with Crippen molar-refractivity contribution in [3.05, 3.63) is 94.0 Å². The number of carbonyl (C=O) groups is 2. The first-order valence-corrected chi connectivity index (χ1v) is 13.9. The molecular formula is C31H36Cl2N2O4. The molecule has 0 unspecified atom stereocenters. The van der Waals surface area contributed by atoms with Gasteiger partial charge < -0.3 is 19.7 Å². The summed E-state index contributed by atoms with van der Waals surface area (Å²) >= 11 is 13.0. The Morgan fingerprint density at radius 3 is 2.18 bits per heavy atom. The summed E-state index contributed by atoms with van der Waals surface area (Å²) in [5.41, 5.74) is 1.56. The molecule has 3 aromatic rings. The van der Waals surface area contributed by atoms with Crippen LogP contribution in [0.4, 0.5) is 0 Å². The molecule has 1 N–H and O–H groups in total. The quantitative estimate of drug-likeness (QED) is 0.218. The number of ether oxygens (including phenoxy) is 2. The zero-order valence-corrected chi connectivity index (χ0v) is 24.2. The smallest absolute Gasteiger partial charge is 0.243 e. The number of amides is 2.